The van der Waals surface area contributed by atoms with Gasteiger partial charge in [0.15, 0.2) is 0 Å². The van der Waals surface area contributed by atoms with Crippen molar-refractivity contribution in [2.75, 3.05) is 18.0 Å². The number of nitriles is 1. The van der Waals surface area contributed by atoms with Gasteiger partial charge in [-0.25, -0.2) is 0 Å². The number of carbonyl (C=O) groups excluding carboxylic acids is 2. The van der Waals surface area contributed by atoms with Crippen LogP contribution in [0.25, 0.3) is 6.08 Å². The molecule has 1 aliphatic rings. The summed E-state index contributed by atoms with van der Waals surface area (Å²) in [6, 6.07) is 9.29. The molecular weight excluding hydrogens is 254 g/mol. The van der Waals surface area contributed by atoms with Gasteiger partial charge in [-0.1, -0.05) is 12.1 Å². The zero-order valence-corrected chi connectivity index (χ0v) is 11.0. The number of carbonyl (C=O) groups is 2. The zero-order chi connectivity index (χ0) is 14.4. The van der Waals surface area contributed by atoms with Crippen molar-refractivity contribution in [3.63, 3.8) is 0 Å². The first-order valence-corrected chi connectivity index (χ1v) is 6.44. The molecule has 0 spiro atoms. The van der Waals surface area contributed by atoms with Crippen LogP contribution in [0.4, 0.5) is 5.69 Å². The maximum atomic E-state index is 11.6. The van der Waals surface area contributed by atoms with Crippen LogP contribution in [0, 0.1) is 11.3 Å². The van der Waals surface area contributed by atoms with Gasteiger partial charge in [-0.15, -0.1) is 0 Å². The Morgan fingerprint density at radius 2 is 2.15 bits per heavy atom. The first-order chi connectivity index (χ1) is 9.70. The lowest BCUT2D eigenvalue weighted by Crippen LogP contribution is -2.23. The second kappa shape index (κ2) is 6.53. The van der Waals surface area contributed by atoms with Crippen molar-refractivity contribution in [3.8, 4) is 6.07 Å². The minimum Gasteiger partial charge on any atom is -0.339 e. The van der Waals surface area contributed by atoms with Crippen molar-refractivity contribution in [2.24, 2.45) is 0 Å². The molecule has 1 fully saturated rings. The highest BCUT2D eigenvalue weighted by Crippen LogP contribution is 2.21. The quantitative estimate of drug-likeness (QED) is 0.664. The molecule has 102 valence electrons. The lowest BCUT2D eigenvalue weighted by atomic mass is 10.2. The van der Waals surface area contributed by atoms with Gasteiger partial charge in [-0.05, 0) is 30.2 Å². The average Bonchev–Trinajstić information content (AvgIpc) is 2.89. The Balaban J connectivity index is 1.98. The van der Waals surface area contributed by atoms with Crippen LogP contribution in [0.3, 0.4) is 0 Å². The summed E-state index contributed by atoms with van der Waals surface area (Å²) in [5.41, 5.74) is 1.76. The third-order valence-electron chi connectivity index (χ3n) is 3.05. The monoisotopic (exact) mass is 269 g/mol. The van der Waals surface area contributed by atoms with E-state index in [0.29, 0.717) is 6.42 Å². The van der Waals surface area contributed by atoms with Gasteiger partial charge in [-0.2, -0.15) is 5.26 Å². The first-order valence-electron chi connectivity index (χ1n) is 6.44. The topological polar surface area (TPSA) is 73.2 Å². The Bertz CT molecular complexity index is 570. The molecule has 1 aromatic carbocycles. The third kappa shape index (κ3) is 3.45. The summed E-state index contributed by atoms with van der Waals surface area (Å²) in [6.45, 7) is 0.768. The van der Waals surface area contributed by atoms with Crippen LogP contribution in [0.15, 0.2) is 30.3 Å². The van der Waals surface area contributed by atoms with Crippen LogP contribution in [0.2, 0.25) is 0 Å². The molecule has 0 radical (unpaired) electrons. The van der Waals surface area contributed by atoms with E-state index in [0.717, 1.165) is 24.2 Å². The van der Waals surface area contributed by atoms with Gasteiger partial charge in [0.2, 0.25) is 11.8 Å². The molecule has 1 aliphatic heterocycles. The van der Waals surface area contributed by atoms with Crippen molar-refractivity contribution in [3.05, 3.63) is 35.9 Å². The predicted octanol–water partition coefficient (Wildman–Crippen LogP) is 1.47. The number of hydrogen-bond acceptors (Lipinski definition) is 3. The van der Waals surface area contributed by atoms with Crippen molar-refractivity contribution in [2.45, 2.75) is 12.8 Å². The smallest absolute Gasteiger partial charge is 0.244 e. The van der Waals surface area contributed by atoms with Gasteiger partial charge in [0.1, 0.15) is 6.54 Å². The van der Waals surface area contributed by atoms with Crippen LogP contribution in [0.1, 0.15) is 18.4 Å². The number of anilines is 1. The van der Waals surface area contributed by atoms with Crippen molar-refractivity contribution in [1.82, 2.24) is 5.32 Å². The Kier molecular flexibility index (Phi) is 4.51. The molecule has 20 heavy (non-hydrogen) atoms. The highest BCUT2D eigenvalue weighted by atomic mass is 16.2. The number of nitrogens with zero attached hydrogens (tertiary/aromatic N) is 2. The molecule has 1 saturated heterocycles. The minimum atomic E-state index is -0.301. The molecule has 0 bridgehead atoms. The summed E-state index contributed by atoms with van der Waals surface area (Å²) in [7, 11) is 0. The van der Waals surface area contributed by atoms with Gasteiger partial charge in [0.25, 0.3) is 0 Å². The lowest BCUT2D eigenvalue weighted by molar-refractivity contribution is -0.117. The second-order valence-corrected chi connectivity index (χ2v) is 4.45. The fraction of sp³-hybridized carbons (Fsp3) is 0.267. The largest absolute Gasteiger partial charge is 0.339 e. The maximum Gasteiger partial charge on any atom is 0.244 e. The summed E-state index contributed by atoms with van der Waals surface area (Å²) in [6.07, 6.45) is 4.57. The van der Waals surface area contributed by atoms with Crippen LogP contribution in [-0.4, -0.2) is 24.9 Å². The molecule has 2 amide bonds. The molecule has 0 atom stereocenters. The van der Waals surface area contributed by atoms with Crippen LogP contribution in [0.5, 0.6) is 0 Å². The molecule has 5 heteroatoms. The van der Waals surface area contributed by atoms with Crippen molar-refractivity contribution >= 4 is 23.6 Å². The normalized spacial score (nSPS) is 14.6. The Labute approximate surface area is 117 Å². The Hall–Kier alpha value is -2.61. The Morgan fingerprint density at radius 3 is 2.75 bits per heavy atom. The van der Waals surface area contributed by atoms with Crippen molar-refractivity contribution in [1.29, 1.82) is 5.26 Å². The van der Waals surface area contributed by atoms with Gasteiger partial charge in [0, 0.05) is 24.7 Å². The number of nitrogens with one attached hydrogen (secondary N) is 1. The lowest BCUT2D eigenvalue weighted by Gasteiger charge is -2.15. The zero-order valence-electron chi connectivity index (χ0n) is 11.0. The second-order valence-electron chi connectivity index (χ2n) is 4.45. The summed E-state index contributed by atoms with van der Waals surface area (Å²) in [4.78, 5) is 24.7. The molecule has 0 aliphatic carbocycles. The maximum absolute atomic E-state index is 11.6. The minimum absolute atomic E-state index is 0.000811. The molecule has 1 aromatic rings. The predicted molar refractivity (Wildman–Crippen MR) is 75.7 cm³/mol. The van der Waals surface area contributed by atoms with E-state index in [1.165, 1.54) is 6.08 Å². The number of benzene rings is 1. The standard InChI is InChI=1S/C15H15N3O2/c16-9-10-17-14(19)8-5-12-3-6-13(7-4-12)18-11-1-2-15(18)20/h3-8H,1-2,10-11H2,(H,17,19)/b8-5-. The number of rotatable bonds is 4. The molecule has 1 N–H and O–H groups in total. The molecule has 5 nitrogen and oxygen atoms in total. The fourth-order valence-electron chi connectivity index (χ4n) is 2.04. The first kappa shape index (κ1) is 13.8. The van der Waals surface area contributed by atoms with Gasteiger partial charge in [-0.3, -0.25) is 9.59 Å². The van der Waals surface area contributed by atoms with E-state index in [1.807, 2.05) is 30.3 Å². The van der Waals surface area contributed by atoms with E-state index in [-0.39, 0.29) is 18.4 Å². The highest BCUT2D eigenvalue weighted by Gasteiger charge is 2.21. The van der Waals surface area contributed by atoms with E-state index in [2.05, 4.69) is 5.32 Å². The van der Waals surface area contributed by atoms with Crippen LogP contribution < -0.4 is 10.2 Å². The van der Waals surface area contributed by atoms with E-state index >= 15 is 0 Å². The number of amides is 2. The summed E-state index contributed by atoms with van der Waals surface area (Å²) in [5.74, 6) is -0.144. The van der Waals surface area contributed by atoms with Gasteiger partial charge >= 0.3 is 0 Å². The van der Waals surface area contributed by atoms with Gasteiger partial charge < -0.3 is 10.2 Å². The number of hydrogen-bond donors (Lipinski definition) is 1. The Morgan fingerprint density at radius 1 is 1.40 bits per heavy atom. The summed E-state index contributed by atoms with van der Waals surface area (Å²) >= 11 is 0. The van der Waals surface area contributed by atoms with E-state index in [9.17, 15) is 9.59 Å². The van der Waals surface area contributed by atoms with E-state index < -0.39 is 0 Å². The summed E-state index contributed by atoms with van der Waals surface area (Å²) in [5, 5.41) is 10.8. The van der Waals surface area contributed by atoms with Crippen LogP contribution in [-0.2, 0) is 9.59 Å². The summed E-state index contributed by atoms with van der Waals surface area (Å²) < 4.78 is 0. The van der Waals surface area contributed by atoms with E-state index in [1.54, 1.807) is 11.0 Å². The van der Waals surface area contributed by atoms with Crippen LogP contribution >= 0.6 is 0 Å². The molecule has 2 rings (SSSR count). The third-order valence-corrected chi connectivity index (χ3v) is 3.05. The molecular formula is C15H15N3O2. The highest BCUT2D eigenvalue weighted by molar-refractivity contribution is 5.95. The van der Waals surface area contributed by atoms with Gasteiger partial charge in [0.05, 0.1) is 6.07 Å². The molecule has 0 saturated carbocycles. The SMILES string of the molecule is N#CCNC(=O)/C=C\c1ccc(N2CCCC2=O)cc1. The van der Waals surface area contributed by atoms with E-state index in [4.69, 9.17) is 5.26 Å². The average molecular weight is 269 g/mol. The molecule has 1 heterocycles. The fourth-order valence-corrected chi connectivity index (χ4v) is 2.04. The van der Waals surface area contributed by atoms with Crippen molar-refractivity contribution < 1.29 is 9.59 Å². The molecule has 0 unspecified atom stereocenters. The molecule has 0 aromatic heterocycles.